The molecule has 0 aliphatic carbocycles. The van der Waals surface area contributed by atoms with Gasteiger partial charge in [-0.25, -0.2) is 12.8 Å². The number of carbonyl (C=O) groups is 1. The van der Waals surface area contributed by atoms with Crippen molar-refractivity contribution < 1.29 is 17.6 Å². The number of nitrogens with one attached hydrogen (secondary N) is 1. The Balaban J connectivity index is 1.58. The van der Waals surface area contributed by atoms with Crippen molar-refractivity contribution in [2.75, 3.05) is 4.72 Å². The predicted molar refractivity (Wildman–Crippen MR) is 122 cm³/mol. The third kappa shape index (κ3) is 4.46. The quantitative estimate of drug-likeness (QED) is 0.424. The highest BCUT2D eigenvalue weighted by Crippen LogP contribution is 2.25. The summed E-state index contributed by atoms with van der Waals surface area (Å²) in [5.41, 5.74) is 1.54. The van der Waals surface area contributed by atoms with E-state index in [1.54, 1.807) is 0 Å². The maximum Gasteiger partial charge on any atom is 0.279 e. The van der Waals surface area contributed by atoms with E-state index in [9.17, 15) is 17.6 Å². The molecule has 0 aliphatic rings. The Hall–Kier alpha value is -2.82. The highest BCUT2D eigenvalue weighted by molar-refractivity contribution is 9.10. The molecule has 1 amide bonds. The van der Waals surface area contributed by atoms with E-state index in [-0.39, 0.29) is 10.6 Å². The summed E-state index contributed by atoms with van der Waals surface area (Å²) in [6.45, 7) is 0. The Labute approximate surface area is 189 Å². The van der Waals surface area contributed by atoms with Gasteiger partial charge in [0.1, 0.15) is 5.82 Å². The molecule has 0 unspecified atom stereocenters. The number of rotatable bonds is 4. The summed E-state index contributed by atoms with van der Waals surface area (Å²) in [6, 6.07) is 16.2. The molecule has 0 bridgehead atoms. The predicted octanol–water partition coefficient (Wildman–Crippen LogP) is 4.68. The lowest BCUT2D eigenvalue weighted by Crippen LogP contribution is -2.14. The highest BCUT2D eigenvalue weighted by atomic mass is 79.9. The van der Waals surface area contributed by atoms with Gasteiger partial charge < -0.3 is 4.57 Å². The van der Waals surface area contributed by atoms with Crippen molar-refractivity contribution in [3.8, 4) is 0 Å². The van der Waals surface area contributed by atoms with Crippen LogP contribution < -0.4 is 9.52 Å². The fraction of sp³-hybridized carbons (Fsp3) is 0.0476. The number of hydrogen-bond donors (Lipinski definition) is 1. The first-order chi connectivity index (χ1) is 14.7. The lowest BCUT2D eigenvalue weighted by Gasteiger charge is -2.08. The number of aromatic nitrogens is 1. The molecule has 0 saturated carbocycles. The van der Waals surface area contributed by atoms with Gasteiger partial charge in [0.25, 0.3) is 15.9 Å². The van der Waals surface area contributed by atoms with Crippen LogP contribution in [0.3, 0.4) is 0 Å². The standard InChI is InChI=1S/C21H15BrFN3O3S2/c1-26-19-17(22)3-2-4-18(19)30-21(26)24-20(27)13-5-9-15(10-6-13)25-31(28,29)16-11-7-14(23)8-12-16/h2-12,25H,1H3. The van der Waals surface area contributed by atoms with E-state index >= 15 is 0 Å². The number of benzene rings is 3. The number of hydrogen-bond acceptors (Lipinski definition) is 4. The van der Waals surface area contributed by atoms with Gasteiger partial charge in [-0.3, -0.25) is 9.52 Å². The van der Waals surface area contributed by atoms with Crippen molar-refractivity contribution in [1.29, 1.82) is 0 Å². The molecule has 0 saturated heterocycles. The molecule has 6 nitrogen and oxygen atoms in total. The van der Waals surface area contributed by atoms with Crippen molar-refractivity contribution in [2.45, 2.75) is 4.90 Å². The maximum atomic E-state index is 13.0. The van der Waals surface area contributed by atoms with E-state index in [0.29, 0.717) is 10.4 Å². The van der Waals surface area contributed by atoms with Crippen molar-refractivity contribution in [3.63, 3.8) is 0 Å². The molecule has 3 aromatic carbocycles. The van der Waals surface area contributed by atoms with Crippen molar-refractivity contribution >= 4 is 59.1 Å². The molecule has 1 heterocycles. The van der Waals surface area contributed by atoms with Crippen LogP contribution in [0.5, 0.6) is 0 Å². The molecule has 4 aromatic rings. The molecule has 158 valence electrons. The second kappa shape index (κ2) is 8.37. The number of sulfonamides is 1. The van der Waals surface area contributed by atoms with Crippen molar-refractivity contribution in [3.05, 3.63) is 87.4 Å². The second-order valence-corrected chi connectivity index (χ2v) is 10.1. The summed E-state index contributed by atoms with van der Waals surface area (Å²) in [5.74, 6) is -0.962. The molecule has 31 heavy (non-hydrogen) atoms. The van der Waals surface area contributed by atoms with E-state index in [0.717, 1.165) is 26.8 Å². The van der Waals surface area contributed by atoms with Gasteiger partial charge in [-0.2, -0.15) is 4.99 Å². The number of carbonyl (C=O) groups excluding carboxylic acids is 1. The maximum absolute atomic E-state index is 13.0. The molecule has 0 atom stereocenters. The monoisotopic (exact) mass is 519 g/mol. The summed E-state index contributed by atoms with van der Waals surface area (Å²) >= 11 is 4.91. The number of amides is 1. The normalized spacial score (nSPS) is 12.3. The number of halogens is 2. The summed E-state index contributed by atoms with van der Waals surface area (Å²) in [6.07, 6.45) is 0. The molecule has 4 rings (SSSR count). The molecule has 0 aliphatic heterocycles. The van der Waals surface area contributed by atoms with Crippen LogP contribution in [0.4, 0.5) is 10.1 Å². The van der Waals surface area contributed by atoms with Crippen molar-refractivity contribution in [2.24, 2.45) is 12.0 Å². The van der Waals surface area contributed by atoms with E-state index in [1.807, 2.05) is 29.8 Å². The summed E-state index contributed by atoms with van der Waals surface area (Å²) in [4.78, 5) is 17.3. The third-order valence-corrected chi connectivity index (χ3v) is 7.61. The van der Waals surface area contributed by atoms with Crippen LogP contribution in [-0.2, 0) is 17.1 Å². The van der Waals surface area contributed by atoms with Crippen LogP contribution in [0.25, 0.3) is 10.2 Å². The largest absolute Gasteiger partial charge is 0.318 e. The number of nitrogens with zero attached hydrogens (tertiary/aromatic N) is 2. The Morgan fingerprint density at radius 3 is 2.39 bits per heavy atom. The highest BCUT2D eigenvalue weighted by Gasteiger charge is 2.15. The van der Waals surface area contributed by atoms with Crippen LogP contribution in [-0.4, -0.2) is 18.9 Å². The van der Waals surface area contributed by atoms with Crippen LogP contribution >= 0.6 is 27.3 Å². The Bertz CT molecular complexity index is 1460. The van der Waals surface area contributed by atoms with Crippen LogP contribution in [0.15, 0.2) is 81.1 Å². The Kier molecular flexibility index (Phi) is 5.78. The van der Waals surface area contributed by atoms with Crippen molar-refractivity contribution in [1.82, 2.24) is 4.57 Å². The minimum absolute atomic E-state index is 0.0625. The first kappa shape index (κ1) is 21.4. The summed E-state index contributed by atoms with van der Waals surface area (Å²) < 4.78 is 44.0. The van der Waals surface area contributed by atoms with Gasteiger partial charge in [0, 0.05) is 22.8 Å². The molecule has 0 spiro atoms. The SMILES string of the molecule is Cn1c(=NC(=O)c2ccc(NS(=O)(=O)c3ccc(F)cc3)cc2)sc2cccc(Br)c21. The van der Waals surface area contributed by atoms with Gasteiger partial charge in [-0.05, 0) is 76.6 Å². The minimum Gasteiger partial charge on any atom is -0.318 e. The van der Waals surface area contributed by atoms with E-state index < -0.39 is 21.7 Å². The molecular weight excluding hydrogens is 505 g/mol. The van der Waals surface area contributed by atoms with Gasteiger partial charge in [-0.1, -0.05) is 17.4 Å². The average Bonchev–Trinajstić information content (AvgIpc) is 3.05. The number of anilines is 1. The van der Waals surface area contributed by atoms with Crippen LogP contribution in [0, 0.1) is 5.82 Å². The lowest BCUT2D eigenvalue weighted by molar-refractivity contribution is 0.0998. The fourth-order valence-electron chi connectivity index (χ4n) is 2.92. The first-order valence-corrected chi connectivity index (χ1v) is 12.1. The Morgan fingerprint density at radius 1 is 1.06 bits per heavy atom. The molecule has 1 N–H and O–H groups in total. The number of para-hydroxylation sites is 1. The Morgan fingerprint density at radius 2 is 1.74 bits per heavy atom. The average molecular weight is 520 g/mol. The lowest BCUT2D eigenvalue weighted by atomic mass is 10.2. The van der Waals surface area contributed by atoms with Crippen LogP contribution in [0.2, 0.25) is 0 Å². The summed E-state index contributed by atoms with van der Waals surface area (Å²) in [7, 11) is -2.03. The van der Waals surface area contributed by atoms with E-state index in [4.69, 9.17) is 0 Å². The molecule has 0 fully saturated rings. The van der Waals surface area contributed by atoms with Gasteiger partial charge in [0.05, 0.1) is 15.1 Å². The topological polar surface area (TPSA) is 80.5 Å². The van der Waals surface area contributed by atoms with E-state index in [1.165, 1.54) is 47.7 Å². The van der Waals surface area contributed by atoms with Gasteiger partial charge >= 0.3 is 0 Å². The zero-order valence-corrected chi connectivity index (χ0v) is 19.3. The van der Waals surface area contributed by atoms with Gasteiger partial charge in [-0.15, -0.1) is 0 Å². The molecule has 0 radical (unpaired) electrons. The third-order valence-electron chi connectivity index (χ3n) is 4.48. The first-order valence-electron chi connectivity index (χ1n) is 8.96. The molecular formula is C21H15BrFN3O3S2. The van der Waals surface area contributed by atoms with Crippen LogP contribution in [0.1, 0.15) is 10.4 Å². The fourth-order valence-corrected chi connectivity index (χ4v) is 5.79. The molecule has 10 heteroatoms. The molecule has 1 aromatic heterocycles. The van der Waals surface area contributed by atoms with E-state index in [2.05, 4.69) is 25.6 Å². The zero-order chi connectivity index (χ0) is 22.2. The smallest absolute Gasteiger partial charge is 0.279 e. The number of thiazole rings is 1. The second-order valence-electron chi connectivity index (χ2n) is 6.58. The van der Waals surface area contributed by atoms with Gasteiger partial charge in [0.2, 0.25) is 0 Å². The number of fused-ring (bicyclic) bond motifs is 1. The number of aryl methyl sites for hydroxylation is 1. The minimum atomic E-state index is -3.87. The van der Waals surface area contributed by atoms with Gasteiger partial charge in [0.15, 0.2) is 4.80 Å². The summed E-state index contributed by atoms with van der Waals surface area (Å²) in [5, 5.41) is 0. The zero-order valence-electron chi connectivity index (χ0n) is 16.0.